The van der Waals surface area contributed by atoms with Crippen LogP contribution in [-0.4, -0.2) is 37.0 Å². The molecular formula is C19H18FN3O. The summed E-state index contributed by atoms with van der Waals surface area (Å²) in [6.45, 7) is 2.49. The summed E-state index contributed by atoms with van der Waals surface area (Å²) >= 11 is 0. The lowest BCUT2D eigenvalue weighted by molar-refractivity contribution is -0.130. The Morgan fingerprint density at radius 2 is 1.71 bits per heavy atom. The van der Waals surface area contributed by atoms with E-state index in [2.05, 4.69) is 11.0 Å². The molecule has 0 aliphatic carbocycles. The average molecular weight is 323 g/mol. The van der Waals surface area contributed by atoms with Crippen molar-refractivity contribution in [1.82, 2.24) is 4.90 Å². The number of anilines is 1. The second-order valence-electron chi connectivity index (χ2n) is 5.76. The fraction of sp³-hybridized carbons (Fsp3) is 0.263. The van der Waals surface area contributed by atoms with Crippen molar-refractivity contribution in [2.75, 3.05) is 31.1 Å². The predicted molar refractivity (Wildman–Crippen MR) is 90.1 cm³/mol. The van der Waals surface area contributed by atoms with Crippen LogP contribution in [0.15, 0.2) is 48.5 Å². The van der Waals surface area contributed by atoms with Gasteiger partial charge in [0.2, 0.25) is 5.91 Å². The topological polar surface area (TPSA) is 47.3 Å². The first kappa shape index (κ1) is 16.0. The van der Waals surface area contributed by atoms with Gasteiger partial charge in [0.05, 0.1) is 17.7 Å². The maximum absolute atomic E-state index is 13.7. The minimum atomic E-state index is -0.340. The smallest absolute Gasteiger partial charge is 0.227 e. The van der Waals surface area contributed by atoms with Crippen LogP contribution in [0.1, 0.15) is 11.1 Å². The standard InChI is InChI=1S/C19H18FN3O/c20-17-7-3-1-5-15(17)13-19(24)23-11-9-22(10-12-23)18-8-4-2-6-16(18)14-21/h1-8H,9-13H2. The molecule has 1 amide bonds. The average Bonchev–Trinajstić information content (AvgIpc) is 2.63. The molecule has 0 atom stereocenters. The summed E-state index contributed by atoms with van der Waals surface area (Å²) in [7, 11) is 0. The number of carbonyl (C=O) groups excluding carboxylic acids is 1. The highest BCUT2D eigenvalue weighted by molar-refractivity contribution is 5.79. The number of para-hydroxylation sites is 1. The summed E-state index contributed by atoms with van der Waals surface area (Å²) in [5, 5.41) is 9.20. The molecule has 0 unspecified atom stereocenters. The first-order chi connectivity index (χ1) is 11.7. The summed E-state index contributed by atoms with van der Waals surface area (Å²) in [5.41, 5.74) is 1.98. The van der Waals surface area contributed by atoms with Crippen LogP contribution in [0, 0.1) is 17.1 Å². The van der Waals surface area contributed by atoms with Crippen LogP contribution in [0.5, 0.6) is 0 Å². The lowest BCUT2D eigenvalue weighted by Crippen LogP contribution is -2.49. The fourth-order valence-corrected chi connectivity index (χ4v) is 2.96. The molecule has 4 nitrogen and oxygen atoms in total. The van der Waals surface area contributed by atoms with E-state index in [9.17, 15) is 14.4 Å². The number of hydrogen-bond donors (Lipinski definition) is 0. The Kier molecular flexibility index (Phi) is 4.76. The second-order valence-corrected chi connectivity index (χ2v) is 5.76. The molecule has 0 spiro atoms. The molecule has 1 aliphatic rings. The zero-order valence-corrected chi connectivity index (χ0v) is 13.3. The van der Waals surface area contributed by atoms with Gasteiger partial charge in [0.25, 0.3) is 0 Å². The van der Waals surface area contributed by atoms with Crippen LogP contribution >= 0.6 is 0 Å². The molecule has 2 aromatic carbocycles. The van der Waals surface area contributed by atoms with Crippen LogP contribution in [0.4, 0.5) is 10.1 Å². The lowest BCUT2D eigenvalue weighted by Gasteiger charge is -2.36. The Labute approximate surface area is 140 Å². The van der Waals surface area contributed by atoms with Crippen molar-refractivity contribution in [3.63, 3.8) is 0 Å². The highest BCUT2D eigenvalue weighted by atomic mass is 19.1. The molecule has 0 bridgehead atoms. The molecule has 122 valence electrons. The Morgan fingerprint density at radius 1 is 1.04 bits per heavy atom. The summed E-state index contributed by atoms with van der Waals surface area (Å²) in [6, 6.07) is 16.1. The van der Waals surface area contributed by atoms with Crippen molar-refractivity contribution in [3.8, 4) is 6.07 Å². The van der Waals surface area contributed by atoms with Gasteiger partial charge in [-0.25, -0.2) is 4.39 Å². The molecule has 0 aromatic heterocycles. The van der Waals surface area contributed by atoms with E-state index in [0.717, 1.165) is 5.69 Å². The number of halogens is 1. The minimum absolute atomic E-state index is 0.0617. The highest BCUT2D eigenvalue weighted by Gasteiger charge is 2.23. The molecule has 1 heterocycles. The van der Waals surface area contributed by atoms with Gasteiger partial charge in [-0.1, -0.05) is 30.3 Å². The maximum Gasteiger partial charge on any atom is 0.227 e. The third-order valence-electron chi connectivity index (χ3n) is 4.30. The van der Waals surface area contributed by atoms with Crippen LogP contribution in [0.25, 0.3) is 0 Å². The Morgan fingerprint density at radius 3 is 2.42 bits per heavy atom. The minimum Gasteiger partial charge on any atom is -0.367 e. The molecule has 1 saturated heterocycles. The van der Waals surface area contributed by atoms with Gasteiger partial charge < -0.3 is 9.80 Å². The van der Waals surface area contributed by atoms with E-state index >= 15 is 0 Å². The van der Waals surface area contributed by atoms with Crippen LogP contribution in [-0.2, 0) is 11.2 Å². The second kappa shape index (κ2) is 7.14. The van der Waals surface area contributed by atoms with E-state index < -0.39 is 0 Å². The zero-order chi connectivity index (χ0) is 16.9. The Hall–Kier alpha value is -2.87. The van der Waals surface area contributed by atoms with Crippen molar-refractivity contribution < 1.29 is 9.18 Å². The third-order valence-corrected chi connectivity index (χ3v) is 4.30. The molecule has 0 saturated carbocycles. The predicted octanol–water partition coefficient (Wildman–Crippen LogP) is 2.59. The van der Waals surface area contributed by atoms with Gasteiger partial charge in [0.1, 0.15) is 11.9 Å². The number of rotatable bonds is 3. The van der Waals surface area contributed by atoms with Crippen molar-refractivity contribution in [2.45, 2.75) is 6.42 Å². The molecule has 1 fully saturated rings. The van der Waals surface area contributed by atoms with E-state index in [0.29, 0.717) is 37.3 Å². The van der Waals surface area contributed by atoms with E-state index in [1.807, 2.05) is 18.2 Å². The molecule has 24 heavy (non-hydrogen) atoms. The largest absolute Gasteiger partial charge is 0.367 e. The SMILES string of the molecule is N#Cc1ccccc1N1CCN(C(=O)Cc2ccccc2F)CC1. The lowest BCUT2D eigenvalue weighted by atomic mass is 10.1. The summed E-state index contributed by atoms with van der Waals surface area (Å²) < 4.78 is 13.7. The zero-order valence-electron chi connectivity index (χ0n) is 13.3. The molecule has 2 aromatic rings. The number of benzene rings is 2. The Balaban J connectivity index is 1.62. The summed E-state index contributed by atoms with van der Waals surface area (Å²) in [6.07, 6.45) is 0.0848. The van der Waals surface area contributed by atoms with Crippen molar-refractivity contribution in [1.29, 1.82) is 5.26 Å². The van der Waals surface area contributed by atoms with Gasteiger partial charge in [-0.2, -0.15) is 5.26 Å². The first-order valence-corrected chi connectivity index (χ1v) is 7.94. The molecule has 0 radical (unpaired) electrons. The molecule has 1 aliphatic heterocycles. The van der Waals surface area contributed by atoms with Gasteiger partial charge in [-0.3, -0.25) is 4.79 Å². The number of amides is 1. The first-order valence-electron chi connectivity index (χ1n) is 7.94. The van der Waals surface area contributed by atoms with Gasteiger partial charge in [0.15, 0.2) is 0 Å². The molecule has 3 rings (SSSR count). The number of nitriles is 1. The number of nitrogens with zero attached hydrogens (tertiary/aromatic N) is 3. The number of piperazine rings is 1. The molecular weight excluding hydrogens is 305 g/mol. The van der Waals surface area contributed by atoms with Crippen molar-refractivity contribution in [3.05, 3.63) is 65.5 Å². The summed E-state index contributed by atoms with van der Waals surface area (Å²) in [4.78, 5) is 16.3. The normalized spacial score (nSPS) is 14.3. The highest BCUT2D eigenvalue weighted by Crippen LogP contribution is 2.21. The quantitative estimate of drug-likeness (QED) is 0.872. The van der Waals surface area contributed by atoms with Gasteiger partial charge >= 0.3 is 0 Å². The monoisotopic (exact) mass is 323 g/mol. The van der Waals surface area contributed by atoms with Gasteiger partial charge in [0, 0.05) is 26.2 Å². The van der Waals surface area contributed by atoms with Crippen molar-refractivity contribution in [2.24, 2.45) is 0 Å². The van der Waals surface area contributed by atoms with E-state index in [-0.39, 0.29) is 18.1 Å². The van der Waals surface area contributed by atoms with E-state index in [1.165, 1.54) is 6.07 Å². The van der Waals surface area contributed by atoms with Crippen LogP contribution in [0.2, 0.25) is 0 Å². The fourth-order valence-electron chi connectivity index (χ4n) is 2.96. The van der Waals surface area contributed by atoms with E-state index in [4.69, 9.17) is 0 Å². The van der Waals surface area contributed by atoms with Gasteiger partial charge in [-0.05, 0) is 23.8 Å². The van der Waals surface area contributed by atoms with Crippen LogP contribution < -0.4 is 4.90 Å². The maximum atomic E-state index is 13.7. The number of hydrogen-bond acceptors (Lipinski definition) is 3. The van der Waals surface area contributed by atoms with E-state index in [1.54, 1.807) is 29.2 Å². The molecule has 0 N–H and O–H groups in total. The molecule has 5 heteroatoms. The van der Waals surface area contributed by atoms with Crippen molar-refractivity contribution >= 4 is 11.6 Å². The summed E-state index contributed by atoms with van der Waals surface area (Å²) in [5.74, 6) is -0.402. The Bertz CT molecular complexity index is 776. The van der Waals surface area contributed by atoms with Gasteiger partial charge in [-0.15, -0.1) is 0 Å². The van der Waals surface area contributed by atoms with Crippen LogP contribution in [0.3, 0.4) is 0 Å². The number of carbonyl (C=O) groups is 1. The third kappa shape index (κ3) is 3.38.